The van der Waals surface area contributed by atoms with Gasteiger partial charge in [-0.1, -0.05) is 60.1 Å². The molecule has 0 aliphatic carbocycles. The minimum atomic E-state index is -0.741. The number of piperidine rings is 1. The molecule has 1 amide bonds. The Hall–Kier alpha value is -4.47. The average molecular weight is 586 g/mol. The highest BCUT2D eigenvalue weighted by atomic mass is 35.5. The number of nitrogens with one attached hydrogen (secondary N) is 2. The lowest BCUT2D eigenvalue weighted by Crippen LogP contribution is -2.38. The number of anilines is 1. The molecule has 1 fully saturated rings. The molecule has 10 heteroatoms. The number of nitrogens with zero attached hydrogens (tertiary/aromatic N) is 3. The first kappa shape index (κ1) is 29.0. The molecule has 1 aliphatic heterocycles. The van der Waals surface area contributed by atoms with Gasteiger partial charge in [0.2, 0.25) is 5.75 Å². The number of rotatable bonds is 10. The number of likely N-dealkylation sites (tertiary alicyclic amines) is 1. The summed E-state index contributed by atoms with van der Waals surface area (Å²) >= 11 is 5.93. The van der Waals surface area contributed by atoms with Crippen LogP contribution >= 0.6 is 11.6 Å². The normalized spacial score (nSPS) is 13.8. The third-order valence-electron chi connectivity index (χ3n) is 7.25. The van der Waals surface area contributed by atoms with Crippen molar-refractivity contribution in [3.05, 3.63) is 117 Å². The van der Waals surface area contributed by atoms with Crippen LogP contribution in [0.25, 0.3) is 11.1 Å². The Morgan fingerprint density at radius 3 is 2.38 bits per heavy atom. The van der Waals surface area contributed by atoms with Crippen LogP contribution in [0.15, 0.2) is 91.1 Å². The number of pyridine rings is 1. The summed E-state index contributed by atoms with van der Waals surface area (Å²) in [5, 5.41) is 18.4. The SMILES string of the molecule is O=C(NCCc1ccc(CN2CCC(Nc3ccccn3)CC2)cc1)Oc1ccc(-c2ccc(Cl)cc2)cc1[N+](=O)[O-]. The van der Waals surface area contributed by atoms with Gasteiger partial charge >= 0.3 is 11.8 Å². The molecule has 3 aromatic carbocycles. The number of hydrogen-bond donors (Lipinski definition) is 2. The van der Waals surface area contributed by atoms with E-state index in [1.165, 1.54) is 17.7 Å². The maximum atomic E-state index is 12.4. The third kappa shape index (κ3) is 8.05. The highest BCUT2D eigenvalue weighted by Crippen LogP contribution is 2.33. The second-order valence-corrected chi connectivity index (χ2v) is 10.7. The van der Waals surface area contributed by atoms with Crippen LogP contribution in [-0.4, -0.2) is 46.6 Å². The average Bonchev–Trinajstić information content (AvgIpc) is 3.00. The number of hydrogen-bond acceptors (Lipinski definition) is 7. The van der Waals surface area contributed by atoms with E-state index in [1.807, 2.05) is 18.2 Å². The Morgan fingerprint density at radius 2 is 1.69 bits per heavy atom. The summed E-state index contributed by atoms with van der Waals surface area (Å²) in [5.41, 5.74) is 3.42. The lowest BCUT2D eigenvalue weighted by Gasteiger charge is -2.32. The molecule has 42 heavy (non-hydrogen) atoms. The van der Waals surface area contributed by atoms with Gasteiger partial charge in [-0.05, 0) is 71.8 Å². The second kappa shape index (κ2) is 13.9. The van der Waals surface area contributed by atoms with Crippen LogP contribution in [0.5, 0.6) is 5.75 Å². The number of carbonyl (C=O) groups excluding carboxylic acids is 1. The van der Waals surface area contributed by atoms with E-state index in [0.717, 1.165) is 49.4 Å². The van der Waals surface area contributed by atoms with Crippen LogP contribution in [0.1, 0.15) is 24.0 Å². The first-order valence-electron chi connectivity index (χ1n) is 13.9. The van der Waals surface area contributed by atoms with Crippen LogP contribution in [0, 0.1) is 10.1 Å². The second-order valence-electron chi connectivity index (χ2n) is 10.2. The number of ether oxygens (including phenoxy) is 1. The highest BCUT2D eigenvalue weighted by Gasteiger charge is 2.20. The van der Waals surface area contributed by atoms with Gasteiger partial charge in [0.05, 0.1) is 4.92 Å². The molecule has 216 valence electrons. The largest absolute Gasteiger partial charge is 0.412 e. The van der Waals surface area contributed by atoms with Crippen LogP contribution < -0.4 is 15.4 Å². The molecular formula is C32H32ClN5O4. The lowest BCUT2D eigenvalue weighted by molar-refractivity contribution is -0.385. The molecule has 0 spiro atoms. The van der Waals surface area contributed by atoms with Crippen molar-refractivity contribution in [3.8, 4) is 16.9 Å². The topological polar surface area (TPSA) is 110 Å². The fraction of sp³-hybridized carbons (Fsp3) is 0.250. The number of benzene rings is 3. The predicted octanol–water partition coefficient (Wildman–Crippen LogP) is 6.72. The van der Waals surface area contributed by atoms with Gasteiger partial charge in [-0.3, -0.25) is 15.0 Å². The molecule has 1 saturated heterocycles. The van der Waals surface area contributed by atoms with E-state index < -0.39 is 11.0 Å². The summed E-state index contributed by atoms with van der Waals surface area (Å²) < 4.78 is 5.27. The van der Waals surface area contributed by atoms with E-state index in [-0.39, 0.29) is 11.4 Å². The van der Waals surface area contributed by atoms with E-state index >= 15 is 0 Å². The quantitative estimate of drug-likeness (QED) is 0.157. The molecule has 2 heterocycles. The standard InChI is InChI=1S/C32H32ClN5O4/c33-27-11-8-25(9-12-27)26-10-13-30(29(21-26)38(40)41)42-32(39)35-18-14-23-4-6-24(7-5-23)22-37-19-15-28(16-20-37)36-31-3-1-2-17-34-31/h1-13,17,21,28H,14-16,18-20,22H2,(H,34,36)(H,35,39). The summed E-state index contributed by atoms with van der Waals surface area (Å²) in [5.74, 6) is 0.815. The zero-order valence-electron chi connectivity index (χ0n) is 23.0. The fourth-order valence-corrected chi connectivity index (χ4v) is 5.10. The Bertz CT molecular complexity index is 1490. The number of nitro groups is 1. The Balaban J connectivity index is 1.06. The van der Waals surface area contributed by atoms with Gasteiger partial charge < -0.3 is 15.4 Å². The van der Waals surface area contributed by atoms with Gasteiger partial charge in [0, 0.05) is 49.5 Å². The van der Waals surface area contributed by atoms with E-state index in [0.29, 0.717) is 29.6 Å². The molecule has 1 aromatic heterocycles. The summed E-state index contributed by atoms with van der Waals surface area (Å²) in [7, 11) is 0. The van der Waals surface area contributed by atoms with E-state index in [4.69, 9.17) is 16.3 Å². The van der Waals surface area contributed by atoms with Crippen molar-refractivity contribution in [2.45, 2.75) is 31.8 Å². The zero-order valence-corrected chi connectivity index (χ0v) is 23.8. The van der Waals surface area contributed by atoms with Crippen LogP contribution in [0.2, 0.25) is 5.02 Å². The molecule has 2 N–H and O–H groups in total. The monoisotopic (exact) mass is 585 g/mol. The smallest absolute Gasteiger partial charge is 0.403 e. The molecule has 0 bridgehead atoms. The van der Waals surface area contributed by atoms with Crippen LogP contribution in [0.3, 0.4) is 0 Å². The Labute approximate surface area is 249 Å². The van der Waals surface area contributed by atoms with Crippen LogP contribution in [0.4, 0.5) is 16.3 Å². The minimum absolute atomic E-state index is 0.115. The van der Waals surface area contributed by atoms with Gasteiger partial charge in [-0.15, -0.1) is 0 Å². The third-order valence-corrected chi connectivity index (χ3v) is 7.50. The summed E-state index contributed by atoms with van der Waals surface area (Å²) in [6.45, 7) is 3.29. The first-order valence-corrected chi connectivity index (χ1v) is 14.3. The molecule has 1 aliphatic rings. The van der Waals surface area contributed by atoms with E-state index in [9.17, 15) is 14.9 Å². The number of carbonyl (C=O) groups is 1. The highest BCUT2D eigenvalue weighted by molar-refractivity contribution is 6.30. The maximum Gasteiger partial charge on any atom is 0.412 e. The zero-order chi connectivity index (χ0) is 29.3. The van der Waals surface area contributed by atoms with Gasteiger partial charge in [-0.2, -0.15) is 0 Å². The number of aromatic nitrogens is 1. The molecule has 0 atom stereocenters. The van der Waals surface area contributed by atoms with Crippen molar-refractivity contribution in [3.63, 3.8) is 0 Å². The maximum absolute atomic E-state index is 12.4. The number of halogens is 1. The van der Waals surface area contributed by atoms with E-state index in [1.54, 1.807) is 36.5 Å². The van der Waals surface area contributed by atoms with Crippen LogP contribution in [-0.2, 0) is 13.0 Å². The summed E-state index contributed by atoms with van der Waals surface area (Å²) in [4.78, 5) is 30.3. The predicted molar refractivity (Wildman–Crippen MR) is 164 cm³/mol. The van der Waals surface area contributed by atoms with Crippen molar-refractivity contribution >= 4 is 29.2 Å². The molecular weight excluding hydrogens is 554 g/mol. The number of amides is 1. The Morgan fingerprint density at radius 1 is 0.976 bits per heavy atom. The lowest BCUT2D eigenvalue weighted by atomic mass is 10.0. The molecule has 9 nitrogen and oxygen atoms in total. The van der Waals surface area contributed by atoms with E-state index in [2.05, 4.69) is 44.8 Å². The molecule has 0 saturated carbocycles. The number of nitro benzene ring substituents is 1. The van der Waals surface area contributed by atoms with Crippen molar-refractivity contribution < 1.29 is 14.5 Å². The Kier molecular flexibility index (Phi) is 9.63. The molecule has 0 radical (unpaired) electrons. The van der Waals surface area contributed by atoms with Crippen molar-refractivity contribution in [1.29, 1.82) is 0 Å². The first-order chi connectivity index (χ1) is 20.4. The summed E-state index contributed by atoms with van der Waals surface area (Å²) in [6, 6.07) is 26.2. The van der Waals surface area contributed by atoms with Crippen molar-refractivity contribution in [2.24, 2.45) is 0 Å². The molecule has 0 unspecified atom stereocenters. The minimum Gasteiger partial charge on any atom is -0.403 e. The van der Waals surface area contributed by atoms with Gasteiger partial charge in [0.25, 0.3) is 0 Å². The van der Waals surface area contributed by atoms with Gasteiger partial charge in [-0.25, -0.2) is 9.78 Å². The molecule has 5 rings (SSSR count). The fourth-order valence-electron chi connectivity index (χ4n) is 4.98. The van der Waals surface area contributed by atoms with Gasteiger partial charge in [0.15, 0.2) is 0 Å². The van der Waals surface area contributed by atoms with Crippen molar-refractivity contribution in [2.75, 3.05) is 25.0 Å². The summed E-state index contributed by atoms with van der Waals surface area (Å²) in [6.07, 6.45) is 3.82. The van der Waals surface area contributed by atoms with Crippen molar-refractivity contribution in [1.82, 2.24) is 15.2 Å². The molecule has 4 aromatic rings. The van der Waals surface area contributed by atoms with Gasteiger partial charge in [0.1, 0.15) is 5.82 Å².